The highest BCUT2D eigenvalue weighted by Gasteiger charge is 2.29. The number of guanidine groups is 1. The van der Waals surface area contributed by atoms with E-state index >= 15 is 0 Å². The molecule has 4 atom stereocenters. The Labute approximate surface area is 189 Å². The van der Waals surface area contributed by atoms with Crippen molar-refractivity contribution in [1.82, 2.24) is 16.0 Å². The first-order valence-corrected chi connectivity index (χ1v) is 9.76. The minimum Gasteiger partial charge on any atom is -0.480 e. The largest absolute Gasteiger partial charge is 0.480 e. The van der Waals surface area contributed by atoms with Gasteiger partial charge in [-0.3, -0.25) is 29.0 Å². The van der Waals surface area contributed by atoms with E-state index in [-0.39, 0.29) is 18.9 Å². The smallest absolute Gasteiger partial charge is 0.326 e. The van der Waals surface area contributed by atoms with E-state index in [2.05, 4.69) is 15.6 Å². The molecule has 0 aliphatic carbocycles. The van der Waals surface area contributed by atoms with E-state index in [0.29, 0.717) is 6.42 Å². The van der Waals surface area contributed by atoms with Crippen molar-refractivity contribution < 1.29 is 33.9 Å². The Morgan fingerprint density at radius 2 is 1.33 bits per heavy atom. The first kappa shape index (κ1) is 29.0. The summed E-state index contributed by atoms with van der Waals surface area (Å²) < 4.78 is 0. The number of carboxylic acid groups (broad SMARTS) is 1. The third-order valence-electron chi connectivity index (χ3n) is 4.11. The SMILES string of the molecule is CC(NC(=O)C(CC(N)=O)NC(=O)C(N)CCCN=C(N)N)C(=O)NC(CC(N)=O)C(=O)O. The maximum atomic E-state index is 12.5. The molecule has 0 aromatic carbocycles. The van der Waals surface area contributed by atoms with Crippen molar-refractivity contribution in [1.29, 1.82) is 0 Å². The molecule has 0 rings (SSSR count). The Balaban J connectivity index is 5.03. The molecule has 0 fully saturated rings. The number of carboxylic acids is 1. The predicted molar refractivity (Wildman–Crippen MR) is 115 cm³/mol. The van der Waals surface area contributed by atoms with Crippen molar-refractivity contribution in [2.24, 2.45) is 33.7 Å². The summed E-state index contributed by atoms with van der Waals surface area (Å²) in [6.07, 6.45) is -0.718. The Kier molecular flexibility index (Phi) is 12.5. The van der Waals surface area contributed by atoms with Gasteiger partial charge in [-0.25, -0.2) is 4.79 Å². The van der Waals surface area contributed by atoms with Crippen molar-refractivity contribution in [3.8, 4) is 0 Å². The van der Waals surface area contributed by atoms with Crippen molar-refractivity contribution >= 4 is 41.5 Å². The molecule has 0 aromatic heterocycles. The standard InChI is InChI=1S/C17H31N9O7/c1-7(13(29)26-10(16(32)33)6-12(20)28)24-15(31)9(5-11(19)27)25-14(30)8(18)3-2-4-23-17(21)22/h7-10H,2-6,18H2,1H3,(H2,19,27)(H2,20,28)(H,24,31)(H,25,30)(H,26,29)(H,32,33)(H4,21,22,23). The second-order valence-electron chi connectivity index (χ2n) is 7.09. The Morgan fingerprint density at radius 1 is 0.818 bits per heavy atom. The Bertz CT molecular complexity index is 783. The second kappa shape index (κ2) is 14.2. The lowest BCUT2D eigenvalue weighted by Gasteiger charge is -2.22. The third kappa shape index (κ3) is 12.5. The van der Waals surface area contributed by atoms with Crippen LogP contribution in [0.1, 0.15) is 32.6 Å². The molecular formula is C17H31N9O7. The van der Waals surface area contributed by atoms with Crippen LogP contribution in [0.4, 0.5) is 0 Å². The lowest BCUT2D eigenvalue weighted by molar-refractivity contribution is -0.143. The molecule has 16 nitrogen and oxygen atoms in total. The molecule has 0 aromatic rings. The first-order chi connectivity index (χ1) is 15.2. The van der Waals surface area contributed by atoms with Gasteiger partial charge in [0.2, 0.25) is 29.5 Å². The van der Waals surface area contributed by atoms with Crippen molar-refractivity contribution in [3.63, 3.8) is 0 Å². The maximum Gasteiger partial charge on any atom is 0.326 e. The number of primary amides is 2. The number of aliphatic imine (C=N–C) groups is 1. The van der Waals surface area contributed by atoms with E-state index in [9.17, 15) is 28.8 Å². The topological polar surface area (TPSA) is 301 Å². The number of carbonyl (C=O) groups excluding carboxylic acids is 5. The third-order valence-corrected chi connectivity index (χ3v) is 4.11. The van der Waals surface area contributed by atoms with Gasteiger partial charge in [0.15, 0.2) is 5.96 Å². The molecule has 0 heterocycles. The number of nitrogens with one attached hydrogen (secondary N) is 3. The van der Waals surface area contributed by atoms with E-state index < -0.39 is 72.5 Å². The summed E-state index contributed by atoms with van der Waals surface area (Å²) in [5.41, 5.74) is 26.2. The van der Waals surface area contributed by atoms with Crippen LogP contribution in [0.15, 0.2) is 4.99 Å². The Morgan fingerprint density at radius 3 is 1.82 bits per heavy atom. The van der Waals surface area contributed by atoms with E-state index in [0.717, 1.165) is 0 Å². The van der Waals surface area contributed by atoms with E-state index in [1.807, 2.05) is 5.32 Å². The summed E-state index contributed by atoms with van der Waals surface area (Å²) in [6.45, 7) is 1.45. The fraction of sp³-hybridized carbons (Fsp3) is 0.588. The lowest BCUT2D eigenvalue weighted by Crippen LogP contribution is -2.57. The normalized spacial score (nSPS) is 14.0. The average Bonchev–Trinajstić information content (AvgIpc) is 2.68. The first-order valence-electron chi connectivity index (χ1n) is 9.76. The number of aliphatic carboxylic acids is 1. The van der Waals surface area contributed by atoms with E-state index in [4.69, 9.17) is 33.8 Å². The van der Waals surface area contributed by atoms with Gasteiger partial charge < -0.3 is 49.7 Å². The molecule has 16 heteroatoms. The van der Waals surface area contributed by atoms with E-state index in [1.165, 1.54) is 6.92 Å². The van der Waals surface area contributed by atoms with Gasteiger partial charge in [-0.15, -0.1) is 0 Å². The molecule has 0 radical (unpaired) electrons. The van der Waals surface area contributed by atoms with Gasteiger partial charge in [-0.1, -0.05) is 0 Å². The highest BCUT2D eigenvalue weighted by Crippen LogP contribution is 2.00. The van der Waals surface area contributed by atoms with Crippen molar-refractivity contribution in [2.75, 3.05) is 6.54 Å². The summed E-state index contributed by atoms with van der Waals surface area (Å²) in [5, 5.41) is 15.6. The minimum atomic E-state index is -1.60. The zero-order valence-electron chi connectivity index (χ0n) is 18.1. The van der Waals surface area contributed by atoms with Crippen LogP contribution in [0.2, 0.25) is 0 Å². The number of hydrogen-bond acceptors (Lipinski definition) is 8. The molecule has 33 heavy (non-hydrogen) atoms. The van der Waals surface area contributed by atoms with Crippen LogP contribution >= 0.6 is 0 Å². The molecule has 0 aliphatic heterocycles. The fourth-order valence-corrected chi connectivity index (χ4v) is 2.42. The quantitative estimate of drug-likeness (QED) is 0.0617. The fourth-order valence-electron chi connectivity index (χ4n) is 2.42. The highest BCUT2D eigenvalue weighted by molar-refractivity contribution is 5.96. The summed E-state index contributed by atoms with van der Waals surface area (Å²) in [5.74, 6) is -6.15. The zero-order chi connectivity index (χ0) is 25.7. The van der Waals surface area contributed by atoms with Gasteiger partial charge in [0.25, 0.3) is 0 Å². The number of nitrogens with two attached hydrogens (primary N) is 5. The lowest BCUT2D eigenvalue weighted by atomic mass is 10.1. The summed E-state index contributed by atoms with van der Waals surface area (Å²) in [7, 11) is 0. The second-order valence-corrected chi connectivity index (χ2v) is 7.09. The van der Waals surface area contributed by atoms with Gasteiger partial charge in [-0.2, -0.15) is 0 Å². The van der Waals surface area contributed by atoms with Gasteiger partial charge in [0.1, 0.15) is 18.1 Å². The van der Waals surface area contributed by atoms with Crippen LogP contribution in [-0.4, -0.2) is 77.3 Å². The Hall–Kier alpha value is -3.95. The molecule has 0 saturated carbocycles. The highest BCUT2D eigenvalue weighted by atomic mass is 16.4. The summed E-state index contributed by atoms with van der Waals surface area (Å²) in [4.78, 5) is 74.0. The van der Waals surface area contributed by atoms with Crippen molar-refractivity contribution in [3.05, 3.63) is 0 Å². The van der Waals surface area contributed by atoms with Gasteiger partial charge >= 0.3 is 5.97 Å². The van der Waals surface area contributed by atoms with Crippen molar-refractivity contribution in [2.45, 2.75) is 56.8 Å². The molecule has 4 unspecified atom stereocenters. The molecule has 0 saturated heterocycles. The van der Waals surface area contributed by atoms with Crippen LogP contribution in [0, 0.1) is 0 Å². The number of hydrogen-bond donors (Lipinski definition) is 9. The van der Waals surface area contributed by atoms with Crippen LogP contribution < -0.4 is 44.6 Å². The molecule has 5 amide bonds. The molecule has 186 valence electrons. The summed E-state index contributed by atoms with van der Waals surface area (Å²) >= 11 is 0. The molecule has 0 spiro atoms. The number of nitrogens with zero attached hydrogens (tertiary/aromatic N) is 1. The molecule has 0 bridgehead atoms. The van der Waals surface area contributed by atoms with Crippen LogP contribution in [0.5, 0.6) is 0 Å². The minimum absolute atomic E-state index is 0.117. The number of amides is 5. The van der Waals surface area contributed by atoms with E-state index in [1.54, 1.807) is 0 Å². The number of rotatable bonds is 15. The molecule has 14 N–H and O–H groups in total. The van der Waals surface area contributed by atoms with Gasteiger partial charge in [0.05, 0.1) is 18.9 Å². The van der Waals surface area contributed by atoms with Crippen LogP contribution in [0.3, 0.4) is 0 Å². The molecular weight excluding hydrogens is 442 g/mol. The molecule has 0 aliphatic rings. The monoisotopic (exact) mass is 473 g/mol. The van der Waals surface area contributed by atoms with Gasteiger partial charge in [-0.05, 0) is 19.8 Å². The average molecular weight is 473 g/mol. The van der Waals surface area contributed by atoms with Gasteiger partial charge in [0, 0.05) is 6.54 Å². The maximum absolute atomic E-state index is 12.5. The zero-order valence-corrected chi connectivity index (χ0v) is 18.1. The number of carbonyl (C=O) groups is 6. The van der Waals surface area contributed by atoms with Crippen LogP contribution in [0.25, 0.3) is 0 Å². The van der Waals surface area contributed by atoms with Crippen LogP contribution in [-0.2, 0) is 28.8 Å². The summed E-state index contributed by atoms with van der Waals surface area (Å²) in [6, 6.07) is -5.40. The predicted octanol–water partition coefficient (Wildman–Crippen LogP) is -5.32.